The van der Waals surface area contributed by atoms with E-state index in [1.165, 1.54) is 0 Å². The van der Waals surface area contributed by atoms with Gasteiger partial charge in [0.1, 0.15) is 0 Å². The lowest BCUT2D eigenvalue weighted by Crippen LogP contribution is -2.57. The van der Waals surface area contributed by atoms with Crippen LogP contribution in [0, 0.1) is 16.7 Å². The zero-order valence-corrected chi connectivity index (χ0v) is 23.3. The number of benzene rings is 1. The van der Waals surface area contributed by atoms with Crippen molar-refractivity contribution in [1.82, 2.24) is 0 Å². The van der Waals surface area contributed by atoms with E-state index in [-0.39, 0.29) is 33.6 Å². The Labute approximate surface area is 197 Å². The van der Waals surface area contributed by atoms with Crippen molar-refractivity contribution >= 4 is 18.2 Å². The monoisotopic (exact) mass is 474 g/mol. The third-order valence-corrected chi connectivity index (χ3v) is 14.7. The third kappa shape index (κ3) is 4.45. The lowest BCUT2D eigenvalue weighted by molar-refractivity contribution is -0.0509. The Bertz CT molecular complexity index is 1010. The smallest absolute Gasteiger partial charge is 0.192 e. The zero-order chi connectivity index (χ0) is 24.2. The predicted octanol–water partition coefficient (Wildman–Crippen LogP) is 7.18. The van der Waals surface area contributed by atoms with Crippen LogP contribution in [-0.4, -0.2) is 28.6 Å². The molecule has 0 unspecified atom stereocenters. The summed E-state index contributed by atoms with van der Waals surface area (Å²) in [4.78, 5) is 0.395. The minimum absolute atomic E-state index is 0.0160. The van der Waals surface area contributed by atoms with Gasteiger partial charge in [0.25, 0.3) is 0 Å². The first-order valence-electron chi connectivity index (χ1n) is 11.9. The van der Waals surface area contributed by atoms with Crippen molar-refractivity contribution in [2.24, 2.45) is 16.7 Å². The maximum Gasteiger partial charge on any atom is 0.192 e. The van der Waals surface area contributed by atoms with Crippen molar-refractivity contribution in [2.75, 3.05) is 5.75 Å². The van der Waals surface area contributed by atoms with Crippen LogP contribution in [0.5, 0.6) is 0 Å². The van der Waals surface area contributed by atoms with Crippen LogP contribution in [0.4, 0.5) is 0 Å². The highest BCUT2D eigenvalue weighted by atomic mass is 32.2. The summed E-state index contributed by atoms with van der Waals surface area (Å²) >= 11 is 0. The molecule has 3 nitrogen and oxygen atoms in total. The maximum atomic E-state index is 13.5. The van der Waals surface area contributed by atoms with Gasteiger partial charge < -0.3 is 4.43 Å². The van der Waals surface area contributed by atoms with E-state index in [9.17, 15) is 8.42 Å². The molecule has 0 bridgehead atoms. The number of allylic oxidation sites excluding steroid dienone is 3. The molecule has 3 rings (SSSR count). The van der Waals surface area contributed by atoms with Gasteiger partial charge in [0.05, 0.1) is 16.8 Å². The van der Waals surface area contributed by atoms with Gasteiger partial charge in [0.15, 0.2) is 18.2 Å². The standard InChI is InChI=1S/C27H42O3SSi/c1-20-15-16-23-26(5,6)18-17-24(30-32(8,9)25(2,3)4)27(23,7)22(20)19-31(28,29)21-13-11-10-12-14-21/h10-16,23-24H,17-19H2,1-9H3/t23-,24+,27+/m0/s1. The molecule has 0 amide bonds. The molecule has 0 radical (unpaired) electrons. The van der Waals surface area contributed by atoms with Crippen LogP contribution in [0.2, 0.25) is 18.1 Å². The van der Waals surface area contributed by atoms with Crippen LogP contribution >= 0.6 is 0 Å². The van der Waals surface area contributed by atoms with Gasteiger partial charge in [-0.1, -0.05) is 77.5 Å². The molecule has 1 aromatic carbocycles. The maximum absolute atomic E-state index is 13.5. The van der Waals surface area contributed by atoms with E-state index in [4.69, 9.17) is 4.43 Å². The Kier molecular flexibility index (Phi) is 6.56. The van der Waals surface area contributed by atoms with Gasteiger partial charge in [-0.25, -0.2) is 8.42 Å². The van der Waals surface area contributed by atoms with E-state index < -0.39 is 18.2 Å². The summed E-state index contributed by atoms with van der Waals surface area (Å²) < 4.78 is 34.1. The van der Waals surface area contributed by atoms with E-state index >= 15 is 0 Å². The van der Waals surface area contributed by atoms with Gasteiger partial charge in [-0.15, -0.1) is 0 Å². The van der Waals surface area contributed by atoms with Gasteiger partial charge in [-0.3, -0.25) is 0 Å². The van der Waals surface area contributed by atoms with E-state index in [0.29, 0.717) is 4.90 Å². The molecule has 1 saturated carbocycles. The molecule has 1 fully saturated rings. The molecule has 0 spiro atoms. The Morgan fingerprint density at radius 1 is 1.09 bits per heavy atom. The highest BCUT2D eigenvalue weighted by Gasteiger charge is 2.56. The molecule has 0 aliphatic heterocycles. The van der Waals surface area contributed by atoms with E-state index in [1.54, 1.807) is 24.3 Å². The minimum atomic E-state index is -3.45. The van der Waals surface area contributed by atoms with Crippen LogP contribution in [0.1, 0.15) is 61.3 Å². The second-order valence-corrected chi connectivity index (χ2v) is 19.0. The number of rotatable bonds is 5. The predicted molar refractivity (Wildman–Crippen MR) is 137 cm³/mol. The van der Waals surface area contributed by atoms with Crippen molar-refractivity contribution in [3.8, 4) is 0 Å². The molecule has 0 heterocycles. The molecule has 32 heavy (non-hydrogen) atoms. The number of hydrogen-bond donors (Lipinski definition) is 0. The summed E-state index contributed by atoms with van der Waals surface area (Å²) in [6.45, 7) is 20.4. The molecule has 5 heteroatoms. The molecule has 1 aromatic rings. The van der Waals surface area contributed by atoms with Crippen LogP contribution < -0.4 is 0 Å². The number of sulfone groups is 1. The molecule has 178 valence electrons. The Morgan fingerprint density at radius 3 is 2.25 bits per heavy atom. The molecule has 0 aromatic heterocycles. The van der Waals surface area contributed by atoms with Crippen LogP contribution in [-0.2, 0) is 14.3 Å². The van der Waals surface area contributed by atoms with Crippen LogP contribution in [0.15, 0.2) is 58.5 Å². The largest absolute Gasteiger partial charge is 0.413 e. The van der Waals surface area contributed by atoms with Crippen molar-refractivity contribution in [3.05, 3.63) is 53.6 Å². The quantitative estimate of drug-likeness (QED) is 0.424. The van der Waals surface area contributed by atoms with Crippen molar-refractivity contribution in [3.63, 3.8) is 0 Å². The van der Waals surface area contributed by atoms with Crippen LogP contribution in [0.3, 0.4) is 0 Å². The third-order valence-electron chi connectivity index (χ3n) is 8.55. The molecule has 3 atom stereocenters. The molecule has 0 N–H and O–H groups in total. The summed E-state index contributed by atoms with van der Waals surface area (Å²) in [6.07, 6.45) is 6.53. The van der Waals surface area contributed by atoms with Crippen LogP contribution in [0.25, 0.3) is 0 Å². The second kappa shape index (κ2) is 8.25. The Morgan fingerprint density at radius 2 is 1.69 bits per heavy atom. The summed E-state index contributed by atoms with van der Waals surface area (Å²) in [5.74, 6) is 0.288. The lowest BCUT2D eigenvalue weighted by atomic mass is 9.51. The molecular formula is C27H42O3SSi. The first kappa shape index (κ1) is 25.4. The van der Waals surface area contributed by atoms with E-state index in [1.807, 2.05) is 6.07 Å². The lowest BCUT2D eigenvalue weighted by Gasteiger charge is -2.58. The number of fused-ring (bicyclic) bond motifs is 1. The minimum Gasteiger partial charge on any atom is -0.413 e. The SMILES string of the molecule is CC1=C(CS(=O)(=O)c2ccccc2)[C@@]2(C)[C@H](O[Si](C)(C)C(C)(C)C)CCC(C)(C)[C@@H]2C=C1. The van der Waals surface area contributed by atoms with Gasteiger partial charge in [-0.05, 0) is 66.9 Å². The zero-order valence-electron chi connectivity index (χ0n) is 21.5. The van der Waals surface area contributed by atoms with Gasteiger partial charge in [0.2, 0.25) is 0 Å². The fourth-order valence-corrected chi connectivity index (χ4v) is 8.55. The molecular weight excluding hydrogens is 432 g/mol. The number of hydrogen-bond acceptors (Lipinski definition) is 3. The average Bonchev–Trinajstić information content (AvgIpc) is 2.67. The first-order chi connectivity index (χ1) is 14.5. The van der Waals surface area contributed by atoms with E-state index in [2.05, 4.69) is 73.7 Å². The second-order valence-electron chi connectivity index (χ2n) is 12.2. The van der Waals surface area contributed by atoms with Crippen molar-refractivity contribution < 1.29 is 12.8 Å². The highest BCUT2D eigenvalue weighted by Crippen LogP contribution is 2.59. The Balaban J connectivity index is 2.10. The highest BCUT2D eigenvalue weighted by molar-refractivity contribution is 7.91. The molecule has 2 aliphatic carbocycles. The Hall–Kier alpha value is -1.17. The van der Waals surface area contributed by atoms with Gasteiger partial charge >= 0.3 is 0 Å². The first-order valence-corrected chi connectivity index (χ1v) is 16.4. The topological polar surface area (TPSA) is 43.4 Å². The summed E-state index contributed by atoms with van der Waals surface area (Å²) in [6, 6.07) is 8.87. The van der Waals surface area contributed by atoms with Crippen molar-refractivity contribution in [2.45, 2.75) is 90.4 Å². The normalized spacial score (nSPS) is 28.5. The summed E-state index contributed by atoms with van der Waals surface area (Å²) in [7, 11) is -5.48. The van der Waals surface area contributed by atoms with Gasteiger partial charge in [0, 0.05) is 5.41 Å². The molecule has 2 aliphatic rings. The van der Waals surface area contributed by atoms with E-state index in [0.717, 1.165) is 24.0 Å². The average molecular weight is 475 g/mol. The fourth-order valence-electron chi connectivity index (χ4n) is 5.46. The summed E-state index contributed by atoms with van der Waals surface area (Å²) in [5, 5.41) is 0.103. The fraction of sp³-hybridized carbons (Fsp3) is 0.630. The van der Waals surface area contributed by atoms with Gasteiger partial charge in [-0.2, -0.15) is 0 Å². The summed E-state index contributed by atoms with van der Waals surface area (Å²) in [5.41, 5.74) is 1.84. The molecule has 0 saturated heterocycles. The van der Waals surface area contributed by atoms with Crippen molar-refractivity contribution in [1.29, 1.82) is 0 Å².